The van der Waals surface area contributed by atoms with Crippen molar-refractivity contribution in [2.24, 2.45) is 0 Å². The Morgan fingerprint density at radius 2 is 1.57 bits per heavy atom. The molecule has 0 aliphatic carbocycles. The minimum atomic E-state index is -4.30. The number of halogens is 3. The van der Waals surface area contributed by atoms with Crippen LogP contribution in [0.5, 0.6) is 11.5 Å². The molecule has 2 aromatic carbocycles. The van der Waals surface area contributed by atoms with E-state index in [0.717, 1.165) is 73.4 Å². The summed E-state index contributed by atoms with van der Waals surface area (Å²) in [5.74, 6) is 1.46. The fraction of sp³-hybridized carbons (Fsp3) is 0.500. The maximum absolute atomic E-state index is 12.9. The molecule has 1 unspecified atom stereocenters. The molecule has 0 bridgehead atoms. The van der Waals surface area contributed by atoms with Gasteiger partial charge in [-0.05, 0) is 42.7 Å². The van der Waals surface area contributed by atoms with Crippen LogP contribution in [0.25, 0.3) is 0 Å². The number of methoxy groups -OCH3 is 2. The first-order chi connectivity index (χ1) is 14.3. The Kier molecular flexibility index (Phi) is 6.96. The highest BCUT2D eigenvalue weighted by Gasteiger charge is 2.34. The molecule has 0 aromatic heterocycles. The maximum atomic E-state index is 12.9. The predicted octanol–water partition coefficient (Wildman–Crippen LogP) is 5.99. The maximum Gasteiger partial charge on any atom is 0.416 e. The van der Waals surface area contributed by atoms with Crippen molar-refractivity contribution in [3.8, 4) is 11.5 Å². The van der Waals surface area contributed by atoms with Crippen LogP contribution in [0.3, 0.4) is 0 Å². The number of hydrogen-bond acceptors (Lipinski definition) is 2. The van der Waals surface area contributed by atoms with Gasteiger partial charge < -0.3 is 14.0 Å². The average molecular weight is 423 g/mol. The lowest BCUT2D eigenvalue weighted by molar-refractivity contribution is -0.955. The van der Waals surface area contributed by atoms with E-state index < -0.39 is 11.7 Å². The highest BCUT2D eigenvalue weighted by atomic mass is 19.4. The molecule has 0 saturated carbocycles. The van der Waals surface area contributed by atoms with Crippen molar-refractivity contribution in [2.45, 2.75) is 51.9 Å². The van der Waals surface area contributed by atoms with Crippen LogP contribution in [-0.4, -0.2) is 31.8 Å². The molecule has 0 spiro atoms. The number of benzene rings is 2. The second-order valence-corrected chi connectivity index (χ2v) is 8.23. The summed E-state index contributed by atoms with van der Waals surface area (Å²) < 4.78 is 50.6. The zero-order valence-corrected chi connectivity index (χ0v) is 18.0. The fourth-order valence-corrected chi connectivity index (χ4v) is 4.43. The van der Waals surface area contributed by atoms with Crippen molar-refractivity contribution >= 4 is 0 Å². The van der Waals surface area contributed by atoms with E-state index in [1.54, 1.807) is 26.4 Å². The molecule has 0 N–H and O–H groups in total. The normalized spacial score (nSPS) is 18.7. The van der Waals surface area contributed by atoms with Gasteiger partial charge in [0, 0.05) is 17.5 Å². The van der Waals surface area contributed by atoms with Gasteiger partial charge in [0.15, 0.2) is 11.5 Å². The topological polar surface area (TPSA) is 18.5 Å². The molecule has 3 nitrogen and oxygen atoms in total. The lowest BCUT2D eigenvalue weighted by Gasteiger charge is -2.42. The standard InChI is InChI=1S/C24H31F3NO2/c1-4-5-6-12-28(16-18-7-9-21(10-8-18)24(25,26)27)13-11-19-14-22(29-2)23(30-3)15-20(19)17-28/h7-10,14-15H,4-6,11-13,16-17H2,1-3H3/q+1. The molecule has 6 heteroatoms. The van der Waals surface area contributed by atoms with Crippen molar-refractivity contribution in [3.63, 3.8) is 0 Å². The van der Waals surface area contributed by atoms with E-state index in [-0.39, 0.29) is 0 Å². The van der Waals surface area contributed by atoms with Crippen LogP contribution in [0.4, 0.5) is 13.2 Å². The fourth-order valence-electron chi connectivity index (χ4n) is 4.43. The molecule has 30 heavy (non-hydrogen) atoms. The Bertz CT molecular complexity index is 849. The number of hydrogen-bond donors (Lipinski definition) is 0. The van der Waals surface area contributed by atoms with E-state index in [0.29, 0.717) is 0 Å². The molecule has 0 saturated heterocycles. The van der Waals surface area contributed by atoms with Gasteiger partial charge in [0.1, 0.15) is 13.1 Å². The predicted molar refractivity (Wildman–Crippen MR) is 112 cm³/mol. The van der Waals surface area contributed by atoms with Crippen LogP contribution in [0.2, 0.25) is 0 Å². The zero-order valence-electron chi connectivity index (χ0n) is 18.0. The highest BCUT2D eigenvalue weighted by Crippen LogP contribution is 2.37. The summed E-state index contributed by atoms with van der Waals surface area (Å²) in [6, 6.07) is 9.78. The molecule has 1 aliphatic rings. The van der Waals surface area contributed by atoms with Gasteiger partial charge in [-0.3, -0.25) is 0 Å². The third-order valence-electron chi connectivity index (χ3n) is 6.10. The molecular formula is C24H31F3NO2+. The van der Waals surface area contributed by atoms with Gasteiger partial charge in [-0.15, -0.1) is 0 Å². The minimum Gasteiger partial charge on any atom is -0.493 e. The van der Waals surface area contributed by atoms with Crippen molar-refractivity contribution in [1.82, 2.24) is 0 Å². The zero-order chi connectivity index (χ0) is 21.8. The molecule has 2 aromatic rings. The second-order valence-electron chi connectivity index (χ2n) is 8.23. The van der Waals surface area contributed by atoms with E-state index in [1.165, 1.54) is 23.3 Å². The van der Waals surface area contributed by atoms with Crippen LogP contribution in [0.1, 0.15) is 48.4 Å². The smallest absolute Gasteiger partial charge is 0.416 e. The summed E-state index contributed by atoms with van der Waals surface area (Å²) in [7, 11) is 3.28. The van der Waals surface area contributed by atoms with Crippen molar-refractivity contribution in [3.05, 3.63) is 58.7 Å². The molecule has 164 valence electrons. The molecule has 1 heterocycles. The van der Waals surface area contributed by atoms with Gasteiger partial charge in [-0.25, -0.2) is 0 Å². The van der Waals surface area contributed by atoms with Gasteiger partial charge in [-0.1, -0.05) is 25.5 Å². The Labute approximate surface area is 177 Å². The lowest BCUT2D eigenvalue weighted by atomic mass is 9.95. The number of nitrogens with zero attached hydrogens (tertiary/aromatic N) is 1. The number of fused-ring (bicyclic) bond motifs is 1. The van der Waals surface area contributed by atoms with Gasteiger partial charge in [-0.2, -0.15) is 13.2 Å². The Hall–Kier alpha value is -2.21. The number of quaternary nitrogens is 1. The van der Waals surface area contributed by atoms with Gasteiger partial charge in [0.2, 0.25) is 0 Å². The summed E-state index contributed by atoms with van der Waals surface area (Å²) in [6.07, 6.45) is 0.0292. The molecule has 1 aliphatic heterocycles. The van der Waals surface area contributed by atoms with Crippen LogP contribution in [0.15, 0.2) is 36.4 Å². The first-order valence-electron chi connectivity index (χ1n) is 10.6. The average Bonchev–Trinajstić information content (AvgIpc) is 2.72. The molecule has 0 radical (unpaired) electrons. The quantitative estimate of drug-likeness (QED) is 0.385. The Balaban J connectivity index is 1.88. The molecule has 3 rings (SSSR count). The van der Waals surface area contributed by atoms with Crippen LogP contribution in [0, 0.1) is 0 Å². The Morgan fingerprint density at radius 3 is 2.13 bits per heavy atom. The van der Waals surface area contributed by atoms with Gasteiger partial charge >= 0.3 is 6.18 Å². The first kappa shape index (κ1) is 22.5. The molecule has 1 atom stereocenters. The van der Waals surface area contributed by atoms with E-state index in [1.807, 2.05) is 0 Å². The van der Waals surface area contributed by atoms with Crippen LogP contribution < -0.4 is 9.47 Å². The van der Waals surface area contributed by atoms with E-state index in [2.05, 4.69) is 19.1 Å². The summed E-state index contributed by atoms with van der Waals surface area (Å²) in [5, 5.41) is 0. The minimum absolute atomic E-state index is 0.593. The van der Waals surface area contributed by atoms with Crippen LogP contribution in [-0.2, 0) is 25.7 Å². The monoisotopic (exact) mass is 422 g/mol. The third-order valence-corrected chi connectivity index (χ3v) is 6.10. The highest BCUT2D eigenvalue weighted by molar-refractivity contribution is 5.47. The number of unbranched alkanes of at least 4 members (excludes halogenated alkanes) is 2. The SMILES string of the molecule is CCCCC[N+]1(Cc2ccc(C(F)(F)F)cc2)CCc2cc(OC)c(OC)cc2C1. The van der Waals surface area contributed by atoms with Gasteiger partial charge in [0.05, 0.1) is 32.9 Å². The summed E-state index contributed by atoms with van der Waals surface area (Å²) >= 11 is 0. The second kappa shape index (κ2) is 9.29. The third kappa shape index (κ3) is 5.09. The van der Waals surface area contributed by atoms with E-state index in [9.17, 15) is 13.2 Å². The number of alkyl halides is 3. The first-order valence-corrected chi connectivity index (χ1v) is 10.6. The van der Waals surface area contributed by atoms with E-state index >= 15 is 0 Å². The lowest BCUT2D eigenvalue weighted by Crippen LogP contribution is -2.51. The molecule has 0 amide bonds. The largest absolute Gasteiger partial charge is 0.493 e. The van der Waals surface area contributed by atoms with Crippen molar-refractivity contribution < 1.29 is 27.1 Å². The summed E-state index contributed by atoms with van der Waals surface area (Å²) in [4.78, 5) is 0. The van der Waals surface area contributed by atoms with E-state index in [4.69, 9.17) is 9.47 Å². The van der Waals surface area contributed by atoms with Crippen molar-refractivity contribution in [1.29, 1.82) is 0 Å². The number of ether oxygens (including phenoxy) is 2. The molecule has 0 fully saturated rings. The number of rotatable bonds is 8. The van der Waals surface area contributed by atoms with Gasteiger partial charge in [0.25, 0.3) is 0 Å². The van der Waals surface area contributed by atoms with Crippen LogP contribution >= 0.6 is 0 Å². The summed E-state index contributed by atoms with van der Waals surface area (Å²) in [5.41, 5.74) is 2.86. The summed E-state index contributed by atoms with van der Waals surface area (Å²) in [6.45, 7) is 5.74. The molecular weight excluding hydrogens is 391 g/mol. The van der Waals surface area contributed by atoms with Crippen molar-refractivity contribution in [2.75, 3.05) is 27.3 Å². The Morgan fingerprint density at radius 1 is 0.933 bits per heavy atom.